The highest BCUT2D eigenvalue weighted by atomic mass is 19.4. The van der Waals surface area contributed by atoms with E-state index in [-0.39, 0.29) is 5.82 Å². The van der Waals surface area contributed by atoms with Crippen LogP contribution in [-0.2, 0) is 25.7 Å². The van der Waals surface area contributed by atoms with Gasteiger partial charge in [-0.1, -0.05) is 61.2 Å². The molecule has 0 atom stereocenters. The van der Waals surface area contributed by atoms with Crippen LogP contribution < -0.4 is 0 Å². The Bertz CT molecular complexity index is 1400. The highest BCUT2D eigenvalue weighted by Crippen LogP contribution is 2.26. The molecule has 0 nitrogen and oxygen atoms in total. The lowest BCUT2D eigenvalue weighted by molar-refractivity contribution is -0.127. The standard InChI is InChI=1S/C30H23F5/c1-2-20-3-5-21(6-4-20)7-8-22-11-16-27-25(17-22)15-14-24(29(27)32)12-9-23-10-13-26(28(31)18-23)19-30(33,34)35/h3-6,10-11,13-18H,2,9,12,19H2,1H3. The van der Waals surface area contributed by atoms with Crippen molar-refractivity contribution in [3.8, 4) is 11.8 Å². The van der Waals surface area contributed by atoms with Gasteiger partial charge in [-0.05, 0) is 77.2 Å². The van der Waals surface area contributed by atoms with Gasteiger partial charge in [0, 0.05) is 16.5 Å². The lowest BCUT2D eigenvalue weighted by Gasteiger charge is -2.10. The fourth-order valence-corrected chi connectivity index (χ4v) is 3.96. The number of halogens is 5. The van der Waals surface area contributed by atoms with E-state index in [9.17, 15) is 17.6 Å². The van der Waals surface area contributed by atoms with E-state index in [0.29, 0.717) is 29.4 Å². The zero-order chi connectivity index (χ0) is 25.0. The van der Waals surface area contributed by atoms with Gasteiger partial charge >= 0.3 is 6.18 Å². The smallest absolute Gasteiger partial charge is 0.207 e. The maximum absolute atomic E-state index is 15.1. The minimum absolute atomic E-state index is 0.301. The molecule has 0 aliphatic rings. The predicted octanol–water partition coefficient (Wildman–Crippen LogP) is 7.97. The zero-order valence-corrected chi connectivity index (χ0v) is 19.1. The predicted molar refractivity (Wildman–Crippen MR) is 129 cm³/mol. The molecule has 0 spiro atoms. The van der Waals surface area contributed by atoms with E-state index < -0.39 is 24.0 Å². The van der Waals surface area contributed by atoms with Crippen LogP contribution in [0, 0.1) is 23.5 Å². The van der Waals surface area contributed by atoms with E-state index in [1.54, 1.807) is 18.2 Å². The first-order valence-electron chi connectivity index (χ1n) is 11.4. The summed E-state index contributed by atoms with van der Waals surface area (Å²) in [5, 5.41) is 1.19. The second kappa shape index (κ2) is 10.3. The Morgan fingerprint density at radius 1 is 0.686 bits per heavy atom. The first kappa shape index (κ1) is 24.5. The third-order valence-electron chi connectivity index (χ3n) is 5.94. The molecule has 0 heterocycles. The van der Waals surface area contributed by atoms with Crippen LogP contribution in [0.5, 0.6) is 0 Å². The Hall–Kier alpha value is -3.65. The molecule has 4 rings (SSSR count). The maximum atomic E-state index is 15.1. The molecular formula is C30H23F5. The van der Waals surface area contributed by atoms with Crippen molar-refractivity contribution in [3.63, 3.8) is 0 Å². The Kier molecular flexibility index (Phi) is 7.21. The van der Waals surface area contributed by atoms with Crippen LogP contribution >= 0.6 is 0 Å². The highest BCUT2D eigenvalue weighted by Gasteiger charge is 2.29. The lowest BCUT2D eigenvalue weighted by Crippen LogP contribution is -2.13. The SMILES string of the molecule is CCc1ccc(C#Cc2ccc3c(F)c(CCc4ccc(CC(F)(F)F)c(F)c4)ccc3c2)cc1. The monoisotopic (exact) mass is 478 g/mol. The molecule has 0 unspecified atom stereocenters. The molecule has 0 saturated heterocycles. The summed E-state index contributed by atoms with van der Waals surface area (Å²) in [6.45, 7) is 2.10. The van der Waals surface area contributed by atoms with Crippen molar-refractivity contribution < 1.29 is 22.0 Å². The Morgan fingerprint density at radius 3 is 2.03 bits per heavy atom. The van der Waals surface area contributed by atoms with Gasteiger partial charge in [-0.15, -0.1) is 0 Å². The summed E-state index contributed by atoms with van der Waals surface area (Å²) in [6.07, 6.45) is -4.20. The lowest BCUT2D eigenvalue weighted by atomic mass is 9.98. The average Bonchev–Trinajstić information content (AvgIpc) is 2.83. The summed E-state index contributed by atoms with van der Waals surface area (Å²) in [5.41, 5.74) is 3.52. The summed E-state index contributed by atoms with van der Waals surface area (Å²) in [4.78, 5) is 0. The molecule has 178 valence electrons. The first-order valence-corrected chi connectivity index (χ1v) is 11.4. The second-order valence-corrected chi connectivity index (χ2v) is 8.49. The quantitative estimate of drug-likeness (QED) is 0.202. The first-order chi connectivity index (χ1) is 16.7. The van der Waals surface area contributed by atoms with Gasteiger partial charge in [-0.25, -0.2) is 8.78 Å². The molecule has 0 N–H and O–H groups in total. The normalized spacial score (nSPS) is 11.4. The van der Waals surface area contributed by atoms with Gasteiger partial charge in [-0.2, -0.15) is 13.2 Å². The molecule has 0 amide bonds. The number of hydrogen-bond donors (Lipinski definition) is 0. The number of fused-ring (bicyclic) bond motifs is 1. The number of aryl methyl sites for hydroxylation is 3. The molecule has 5 heteroatoms. The van der Waals surface area contributed by atoms with Crippen LogP contribution in [0.15, 0.2) is 72.8 Å². The molecule has 0 aromatic heterocycles. The number of rotatable bonds is 5. The Morgan fingerprint density at radius 2 is 1.34 bits per heavy atom. The van der Waals surface area contributed by atoms with E-state index in [1.807, 2.05) is 36.4 Å². The Labute approximate surface area is 201 Å². The van der Waals surface area contributed by atoms with Gasteiger partial charge in [0.25, 0.3) is 0 Å². The van der Waals surface area contributed by atoms with Crippen molar-refractivity contribution in [2.24, 2.45) is 0 Å². The van der Waals surface area contributed by atoms with Gasteiger partial charge in [-0.3, -0.25) is 0 Å². The van der Waals surface area contributed by atoms with E-state index >= 15 is 4.39 Å². The molecule has 4 aromatic carbocycles. The van der Waals surface area contributed by atoms with Crippen molar-refractivity contribution in [1.29, 1.82) is 0 Å². The van der Waals surface area contributed by atoms with E-state index in [1.165, 1.54) is 11.6 Å². The van der Waals surface area contributed by atoms with Crippen LogP contribution in [0.25, 0.3) is 10.8 Å². The fraction of sp³-hybridized carbons (Fsp3) is 0.200. The second-order valence-electron chi connectivity index (χ2n) is 8.49. The number of hydrogen-bond acceptors (Lipinski definition) is 0. The molecular weight excluding hydrogens is 455 g/mol. The zero-order valence-electron chi connectivity index (χ0n) is 19.1. The Balaban J connectivity index is 1.48. The van der Waals surface area contributed by atoms with E-state index in [4.69, 9.17) is 0 Å². The molecule has 0 saturated carbocycles. The van der Waals surface area contributed by atoms with Crippen LogP contribution in [0.2, 0.25) is 0 Å². The van der Waals surface area contributed by atoms with Crippen LogP contribution in [-0.4, -0.2) is 6.18 Å². The molecule has 35 heavy (non-hydrogen) atoms. The largest absolute Gasteiger partial charge is 0.393 e. The van der Waals surface area contributed by atoms with Crippen LogP contribution in [0.1, 0.15) is 40.3 Å². The summed E-state index contributed by atoms with van der Waals surface area (Å²) in [6, 6.07) is 20.6. The number of alkyl halides is 3. The number of benzene rings is 4. The van der Waals surface area contributed by atoms with Gasteiger partial charge in [0.05, 0.1) is 6.42 Å². The van der Waals surface area contributed by atoms with Crippen molar-refractivity contribution in [2.75, 3.05) is 0 Å². The molecule has 0 bridgehead atoms. The van der Waals surface area contributed by atoms with E-state index in [0.717, 1.165) is 35.1 Å². The summed E-state index contributed by atoms with van der Waals surface area (Å²) in [5.74, 6) is 4.99. The molecule has 0 fully saturated rings. The van der Waals surface area contributed by atoms with Crippen molar-refractivity contribution >= 4 is 10.8 Å². The van der Waals surface area contributed by atoms with Gasteiger partial charge in [0.15, 0.2) is 0 Å². The van der Waals surface area contributed by atoms with Crippen LogP contribution in [0.4, 0.5) is 22.0 Å². The average molecular weight is 479 g/mol. The topological polar surface area (TPSA) is 0 Å². The minimum atomic E-state index is -4.47. The van der Waals surface area contributed by atoms with Crippen molar-refractivity contribution in [3.05, 3.63) is 118 Å². The molecule has 0 aliphatic carbocycles. The molecule has 4 aromatic rings. The summed E-state index contributed by atoms with van der Waals surface area (Å²) < 4.78 is 66.7. The van der Waals surface area contributed by atoms with Gasteiger partial charge in [0.2, 0.25) is 0 Å². The van der Waals surface area contributed by atoms with E-state index in [2.05, 4.69) is 18.8 Å². The minimum Gasteiger partial charge on any atom is -0.207 e. The third kappa shape index (κ3) is 6.27. The molecule has 0 radical (unpaired) electrons. The van der Waals surface area contributed by atoms with Gasteiger partial charge in [0.1, 0.15) is 11.6 Å². The molecule has 0 aliphatic heterocycles. The maximum Gasteiger partial charge on any atom is 0.393 e. The summed E-state index contributed by atoms with van der Waals surface area (Å²) in [7, 11) is 0. The highest BCUT2D eigenvalue weighted by molar-refractivity contribution is 5.85. The fourth-order valence-electron chi connectivity index (χ4n) is 3.96. The van der Waals surface area contributed by atoms with Crippen molar-refractivity contribution in [2.45, 2.75) is 38.8 Å². The summed E-state index contributed by atoms with van der Waals surface area (Å²) >= 11 is 0. The van der Waals surface area contributed by atoms with Crippen LogP contribution in [0.3, 0.4) is 0 Å². The third-order valence-corrected chi connectivity index (χ3v) is 5.94. The van der Waals surface area contributed by atoms with Crippen molar-refractivity contribution in [1.82, 2.24) is 0 Å². The van der Waals surface area contributed by atoms with Gasteiger partial charge < -0.3 is 0 Å².